The Hall–Kier alpha value is -0.880. The van der Waals surface area contributed by atoms with Gasteiger partial charge in [0.15, 0.2) is 0 Å². The fourth-order valence-electron chi connectivity index (χ4n) is 2.61. The summed E-state index contributed by atoms with van der Waals surface area (Å²) in [6, 6.07) is 3.86. The molecule has 0 aliphatic carbocycles. The first-order valence-corrected chi connectivity index (χ1v) is 7.38. The lowest BCUT2D eigenvalue weighted by atomic mass is 9.90. The van der Waals surface area contributed by atoms with Gasteiger partial charge in [0.25, 0.3) is 5.91 Å². The van der Waals surface area contributed by atoms with E-state index in [1.165, 1.54) is 12.1 Å². The van der Waals surface area contributed by atoms with Gasteiger partial charge in [0.2, 0.25) is 0 Å². The third kappa shape index (κ3) is 4.10. The predicted molar refractivity (Wildman–Crippen MR) is 87.1 cm³/mol. The zero-order valence-electron chi connectivity index (χ0n) is 12.6. The average molecular weight is 351 g/mol. The van der Waals surface area contributed by atoms with Crippen molar-refractivity contribution in [2.45, 2.75) is 31.4 Å². The maximum absolute atomic E-state index is 13.1. The van der Waals surface area contributed by atoms with Gasteiger partial charge in [-0.25, -0.2) is 4.39 Å². The van der Waals surface area contributed by atoms with Crippen LogP contribution >= 0.6 is 24.0 Å². The molecule has 1 heterocycles. The van der Waals surface area contributed by atoms with E-state index in [0.717, 1.165) is 13.1 Å². The number of halogens is 3. The number of piperidine rings is 1. The maximum Gasteiger partial charge on any atom is 0.252 e. The molecule has 0 spiro atoms. The van der Waals surface area contributed by atoms with Crippen LogP contribution in [0.25, 0.3) is 0 Å². The van der Waals surface area contributed by atoms with E-state index >= 15 is 0 Å². The normalized spacial score (nSPS) is 18.2. The van der Waals surface area contributed by atoms with Crippen molar-refractivity contribution in [2.24, 2.45) is 0 Å². The Kier molecular flexibility index (Phi) is 7.06. The van der Waals surface area contributed by atoms with E-state index in [-0.39, 0.29) is 24.4 Å². The van der Waals surface area contributed by atoms with Crippen molar-refractivity contribution in [1.82, 2.24) is 10.6 Å². The fraction of sp³-hybridized carbons (Fsp3) is 0.533. The molecule has 2 rings (SSSR count). The second-order valence-corrected chi connectivity index (χ2v) is 5.72. The summed E-state index contributed by atoms with van der Waals surface area (Å²) in [6.45, 7) is 3.31. The van der Waals surface area contributed by atoms with Crippen LogP contribution in [-0.2, 0) is 9.53 Å². The van der Waals surface area contributed by atoms with Crippen LogP contribution in [0.4, 0.5) is 4.39 Å². The van der Waals surface area contributed by atoms with Crippen LogP contribution in [-0.4, -0.2) is 31.7 Å². The lowest BCUT2D eigenvalue weighted by molar-refractivity contribution is -0.147. The monoisotopic (exact) mass is 350 g/mol. The van der Waals surface area contributed by atoms with Crippen molar-refractivity contribution in [3.8, 4) is 0 Å². The highest BCUT2D eigenvalue weighted by molar-refractivity contribution is 6.31. The van der Waals surface area contributed by atoms with E-state index in [9.17, 15) is 9.18 Å². The average Bonchev–Trinajstić information content (AvgIpc) is 2.47. The first-order valence-electron chi connectivity index (χ1n) is 7.00. The Morgan fingerprint density at radius 3 is 2.64 bits per heavy atom. The Balaban J connectivity index is 0.00000242. The van der Waals surface area contributed by atoms with Crippen molar-refractivity contribution in [3.63, 3.8) is 0 Å². The second-order valence-electron chi connectivity index (χ2n) is 5.31. The molecule has 2 N–H and O–H groups in total. The van der Waals surface area contributed by atoms with E-state index in [1.54, 1.807) is 13.2 Å². The number of benzene rings is 1. The van der Waals surface area contributed by atoms with Crippen LogP contribution < -0.4 is 10.6 Å². The Labute approximate surface area is 141 Å². The van der Waals surface area contributed by atoms with E-state index in [0.29, 0.717) is 23.4 Å². The molecule has 4 nitrogen and oxygen atoms in total. The van der Waals surface area contributed by atoms with Gasteiger partial charge >= 0.3 is 0 Å². The van der Waals surface area contributed by atoms with Crippen LogP contribution in [0.5, 0.6) is 0 Å². The van der Waals surface area contributed by atoms with Crippen molar-refractivity contribution in [2.75, 3.05) is 20.2 Å². The highest BCUT2D eigenvalue weighted by Gasteiger charge is 2.40. The smallest absolute Gasteiger partial charge is 0.252 e. The molecule has 124 valence electrons. The minimum Gasteiger partial charge on any atom is -0.368 e. The minimum absolute atomic E-state index is 0. The molecule has 1 atom stereocenters. The predicted octanol–water partition coefficient (Wildman–Crippen LogP) is 2.85. The van der Waals surface area contributed by atoms with Crippen molar-refractivity contribution in [1.29, 1.82) is 0 Å². The largest absolute Gasteiger partial charge is 0.368 e. The molecular formula is C15H21Cl2FN2O2. The summed E-state index contributed by atoms with van der Waals surface area (Å²) in [7, 11) is 1.56. The van der Waals surface area contributed by atoms with Gasteiger partial charge in [0, 0.05) is 12.1 Å². The van der Waals surface area contributed by atoms with Crippen molar-refractivity contribution >= 4 is 29.9 Å². The van der Waals surface area contributed by atoms with Gasteiger partial charge in [-0.1, -0.05) is 17.7 Å². The van der Waals surface area contributed by atoms with E-state index in [1.807, 2.05) is 6.92 Å². The summed E-state index contributed by atoms with van der Waals surface area (Å²) < 4.78 is 18.6. The van der Waals surface area contributed by atoms with Crippen LogP contribution in [0, 0.1) is 5.82 Å². The molecule has 7 heteroatoms. The van der Waals surface area contributed by atoms with Crippen LogP contribution in [0.15, 0.2) is 18.2 Å². The standard InChI is InChI=1S/C15H20ClFN2O2.ClH/c1-10(12-4-3-11(17)9-13(12)16)19-14(20)15(21-2)5-7-18-8-6-15;/h3-4,9-10,18H,5-8H2,1-2H3,(H,19,20);1H. The molecule has 0 radical (unpaired) electrons. The zero-order valence-corrected chi connectivity index (χ0v) is 14.2. The van der Waals surface area contributed by atoms with Gasteiger partial charge in [-0.3, -0.25) is 4.79 Å². The van der Waals surface area contributed by atoms with Crippen LogP contribution in [0.3, 0.4) is 0 Å². The molecule has 0 aromatic heterocycles. The quantitative estimate of drug-likeness (QED) is 0.877. The first kappa shape index (κ1) is 19.2. The number of carbonyl (C=O) groups excluding carboxylic acids is 1. The molecule has 1 aliphatic heterocycles. The molecule has 0 saturated carbocycles. The fourth-order valence-corrected chi connectivity index (χ4v) is 2.94. The molecule has 1 aliphatic rings. The number of hydrogen-bond acceptors (Lipinski definition) is 3. The first-order chi connectivity index (χ1) is 9.98. The molecule has 1 aromatic rings. The number of hydrogen-bond donors (Lipinski definition) is 2. The van der Waals surface area contributed by atoms with Gasteiger partial charge < -0.3 is 15.4 Å². The van der Waals surface area contributed by atoms with Gasteiger partial charge in [-0.2, -0.15) is 0 Å². The number of carbonyl (C=O) groups is 1. The number of nitrogens with one attached hydrogen (secondary N) is 2. The third-order valence-corrected chi connectivity index (χ3v) is 4.32. The minimum atomic E-state index is -0.800. The van der Waals surface area contributed by atoms with Gasteiger partial charge in [0.1, 0.15) is 11.4 Å². The molecule has 1 saturated heterocycles. The number of rotatable bonds is 4. The summed E-state index contributed by atoms with van der Waals surface area (Å²) in [6.07, 6.45) is 1.25. The zero-order chi connectivity index (χ0) is 15.5. The number of ether oxygens (including phenoxy) is 1. The summed E-state index contributed by atoms with van der Waals surface area (Å²) in [5.74, 6) is -0.548. The van der Waals surface area contributed by atoms with Crippen LogP contribution in [0.1, 0.15) is 31.4 Å². The van der Waals surface area contributed by atoms with E-state index in [2.05, 4.69) is 10.6 Å². The lowest BCUT2D eigenvalue weighted by Gasteiger charge is -2.35. The molecule has 22 heavy (non-hydrogen) atoms. The number of methoxy groups -OCH3 is 1. The Morgan fingerprint density at radius 2 is 2.09 bits per heavy atom. The summed E-state index contributed by atoms with van der Waals surface area (Å²) in [4.78, 5) is 12.5. The summed E-state index contributed by atoms with van der Waals surface area (Å²) in [5, 5.41) is 6.43. The van der Waals surface area contributed by atoms with Crippen molar-refractivity contribution < 1.29 is 13.9 Å². The highest BCUT2D eigenvalue weighted by Crippen LogP contribution is 2.27. The summed E-state index contributed by atoms with van der Waals surface area (Å²) in [5.41, 5.74) is -0.113. The molecule has 1 fully saturated rings. The SMILES string of the molecule is COC1(C(=O)NC(C)c2ccc(F)cc2Cl)CCNCC1.Cl. The van der Waals surface area contributed by atoms with E-state index < -0.39 is 11.4 Å². The Morgan fingerprint density at radius 1 is 1.45 bits per heavy atom. The summed E-state index contributed by atoms with van der Waals surface area (Å²) >= 11 is 6.03. The second kappa shape index (κ2) is 8.11. The van der Waals surface area contributed by atoms with Gasteiger partial charge in [0.05, 0.1) is 6.04 Å². The molecule has 1 aromatic carbocycles. The number of amides is 1. The Bertz CT molecular complexity index is 522. The van der Waals surface area contributed by atoms with Gasteiger partial charge in [-0.05, 0) is 50.6 Å². The third-order valence-electron chi connectivity index (χ3n) is 3.99. The van der Waals surface area contributed by atoms with E-state index in [4.69, 9.17) is 16.3 Å². The van der Waals surface area contributed by atoms with Gasteiger partial charge in [-0.15, -0.1) is 12.4 Å². The molecular weight excluding hydrogens is 330 g/mol. The molecule has 0 bridgehead atoms. The maximum atomic E-state index is 13.1. The van der Waals surface area contributed by atoms with Crippen LogP contribution in [0.2, 0.25) is 5.02 Å². The topological polar surface area (TPSA) is 50.4 Å². The molecule has 1 amide bonds. The highest BCUT2D eigenvalue weighted by atomic mass is 35.5. The van der Waals surface area contributed by atoms with Crippen molar-refractivity contribution in [3.05, 3.63) is 34.6 Å². The lowest BCUT2D eigenvalue weighted by Crippen LogP contribution is -2.54. The molecule has 1 unspecified atom stereocenters.